The Hall–Kier alpha value is -6.85. The third-order valence-electron chi connectivity index (χ3n) is 9.46. The molecule has 0 aliphatic carbocycles. The first-order chi connectivity index (χ1) is 24.8. The molecule has 0 unspecified atom stereocenters. The van der Waals surface area contributed by atoms with Gasteiger partial charge in [0.2, 0.25) is 0 Å². The summed E-state index contributed by atoms with van der Waals surface area (Å²) in [6.07, 6.45) is 0. The van der Waals surface area contributed by atoms with E-state index in [0.717, 1.165) is 55.3 Å². The van der Waals surface area contributed by atoms with Gasteiger partial charge in [-0.2, -0.15) is 0 Å². The van der Waals surface area contributed by atoms with Crippen molar-refractivity contribution in [1.29, 1.82) is 0 Å². The fourth-order valence-corrected chi connectivity index (χ4v) is 7.08. The van der Waals surface area contributed by atoms with E-state index < -0.39 is 0 Å². The fraction of sp³-hybridized carbons (Fsp3) is 0. The summed E-state index contributed by atoms with van der Waals surface area (Å²) in [6, 6.07) is 58.6. The molecule has 0 fully saturated rings. The Bertz CT molecular complexity index is 2780. The molecule has 10 aromatic rings. The molecule has 0 spiro atoms. The third kappa shape index (κ3) is 4.60. The van der Waals surface area contributed by atoms with Gasteiger partial charge in [0.15, 0.2) is 17.5 Å². The molecule has 0 saturated heterocycles. The number of furan rings is 1. The highest BCUT2D eigenvalue weighted by Gasteiger charge is 2.20. The number of fused-ring (bicyclic) bond motifs is 6. The second kappa shape index (κ2) is 11.4. The van der Waals surface area contributed by atoms with Crippen molar-refractivity contribution >= 4 is 43.7 Å². The zero-order valence-electron chi connectivity index (χ0n) is 26.9. The molecule has 50 heavy (non-hydrogen) atoms. The number of hydrogen-bond donors (Lipinski definition) is 0. The summed E-state index contributed by atoms with van der Waals surface area (Å²) in [6.45, 7) is 0. The quantitative estimate of drug-likeness (QED) is 0.188. The fourth-order valence-electron chi connectivity index (χ4n) is 7.08. The Morgan fingerprint density at radius 3 is 1.62 bits per heavy atom. The molecule has 0 saturated carbocycles. The second-order valence-corrected chi connectivity index (χ2v) is 12.5. The van der Waals surface area contributed by atoms with Gasteiger partial charge in [0.1, 0.15) is 11.2 Å². The van der Waals surface area contributed by atoms with Crippen molar-refractivity contribution in [3.8, 4) is 51.0 Å². The van der Waals surface area contributed by atoms with Gasteiger partial charge in [-0.3, -0.25) is 0 Å². The van der Waals surface area contributed by atoms with Gasteiger partial charge in [0, 0.05) is 44.4 Å². The van der Waals surface area contributed by atoms with Crippen LogP contribution in [0.2, 0.25) is 0 Å². The summed E-state index contributed by atoms with van der Waals surface area (Å²) < 4.78 is 9.12. The van der Waals surface area contributed by atoms with Crippen molar-refractivity contribution in [2.24, 2.45) is 0 Å². The lowest BCUT2D eigenvalue weighted by molar-refractivity contribution is 0.670. The maximum Gasteiger partial charge on any atom is 0.167 e. The Balaban J connectivity index is 1.18. The van der Waals surface area contributed by atoms with Crippen LogP contribution in [0.15, 0.2) is 174 Å². The van der Waals surface area contributed by atoms with Gasteiger partial charge in [-0.15, -0.1) is 0 Å². The van der Waals surface area contributed by atoms with Gasteiger partial charge in [-0.05, 0) is 41.5 Å². The minimum Gasteiger partial charge on any atom is -0.455 e. The lowest BCUT2D eigenvalue weighted by Gasteiger charge is -2.09. The second-order valence-electron chi connectivity index (χ2n) is 12.5. The van der Waals surface area contributed by atoms with Crippen molar-refractivity contribution < 1.29 is 4.42 Å². The topological polar surface area (TPSA) is 56.7 Å². The lowest BCUT2D eigenvalue weighted by atomic mass is 10.1. The third-order valence-corrected chi connectivity index (χ3v) is 9.46. The summed E-state index contributed by atoms with van der Waals surface area (Å²) >= 11 is 0. The van der Waals surface area contributed by atoms with Gasteiger partial charge in [-0.25, -0.2) is 15.0 Å². The summed E-state index contributed by atoms with van der Waals surface area (Å²) in [4.78, 5) is 14.9. The van der Waals surface area contributed by atoms with E-state index in [1.54, 1.807) is 0 Å². The van der Waals surface area contributed by atoms with E-state index >= 15 is 0 Å². The van der Waals surface area contributed by atoms with Crippen molar-refractivity contribution in [3.05, 3.63) is 170 Å². The largest absolute Gasteiger partial charge is 0.455 e. The van der Waals surface area contributed by atoms with Crippen molar-refractivity contribution in [3.63, 3.8) is 0 Å². The molecular formula is C45H28N4O. The Kier molecular flexibility index (Phi) is 6.42. The molecule has 0 atom stereocenters. The molecular weight excluding hydrogens is 613 g/mol. The van der Waals surface area contributed by atoms with E-state index in [0.29, 0.717) is 17.5 Å². The van der Waals surface area contributed by atoms with Gasteiger partial charge in [-0.1, -0.05) is 133 Å². The van der Waals surface area contributed by atoms with Crippen LogP contribution in [0.1, 0.15) is 0 Å². The van der Waals surface area contributed by atoms with E-state index in [1.807, 2.05) is 72.8 Å². The minimum atomic E-state index is 0.570. The molecule has 3 aromatic heterocycles. The van der Waals surface area contributed by atoms with Gasteiger partial charge < -0.3 is 8.98 Å². The average molecular weight is 641 g/mol. The molecule has 0 radical (unpaired) electrons. The lowest BCUT2D eigenvalue weighted by Crippen LogP contribution is -2.00. The number of nitrogens with zero attached hydrogens (tertiary/aromatic N) is 4. The molecule has 0 aliphatic rings. The van der Waals surface area contributed by atoms with Crippen molar-refractivity contribution in [2.45, 2.75) is 0 Å². The molecule has 0 amide bonds. The maximum absolute atomic E-state index is 6.79. The molecule has 0 bridgehead atoms. The monoisotopic (exact) mass is 640 g/mol. The van der Waals surface area contributed by atoms with Crippen LogP contribution >= 0.6 is 0 Å². The normalized spacial score (nSPS) is 11.6. The van der Waals surface area contributed by atoms with Crippen LogP contribution < -0.4 is 0 Å². The number of hydrogen-bond acceptors (Lipinski definition) is 4. The first kappa shape index (κ1) is 28.2. The number of rotatable bonds is 5. The summed E-state index contributed by atoms with van der Waals surface area (Å²) in [5.41, 5.74) is 9.97. The first-order valence-corrected chi connectivity index (χ1v) is 16.7. The molecule has 10 rings (SSSR count). The highest BCUT2D eigenvalue weighted by atomic mass is 16.3. The first-order valence-electron chi connectivity index (χ1n) is 16.7. The van der Waals surface area contributed by atoms with Gasteiger partial charge in [0.05, 0.1) is 16.6 Å². The molecule has 5 heteroatoms. The van der Waals surface area contributed by atoms with Gasteiger partial charge in [0.25, 0.3) is 0 Å². The molecule has 7 aromatic carbocycles. The number of aromatic nitrogens is 4. The van der Waals surface area contributed by atoms with Crippen LogP contribution in [0.4, 0.5) is 0 Å². The molecule has 0 aliphatic heterocycles. The number of para-hydroxylation sites is 2. The molecule has 3 heterocycles. The smallest absolute Gasteiger partial charge is 0.167 e. The SMILES string of the molecule is c1ccc(-c2ccc(-n3c4ccccc4c4cc5c(cc43)oc3c(-c4nc(-c6ccccc6)nc(-c6ccccc6)n4)cccc35)cc2)cc1. The highest BCUT2D eigenvalue weighted by molar-refractivity contribution is 6.18. The van der Waals surface area contributed by atoms with E-state index in [2.05, 4.69) is 102 Å². The van der Waals surface area contributed by atoms with Crippen LogP contribution in [0.25, 0.3) is 94.7 Å². The minimum absolute atomic E-state index is 0.570. The summed E-state index contributed by atoms with van der Waals surface area (Å²) in [5.74, 6) is 1.81. The Morgan fingerprint density at radius 1 is 0.380 bits per heavy atom. The summed E-state index contributed by atoms with van der Waals surface area (Å²) in [5, 5.41) is 4.44. The standard InChI is InChI=1S/C45H28N4O/c1-4-13-29(14-5-1)30-23-25-33(26-24-30)49-39-22-11-10-19-34(39)37-27-38-35-20-12-21-36(42(35)50-41(38)28-40(37)49)45-47-43(31-15-6-2-7-16-31)46-44(48-45)32-17-8-3-9-18-32/h1-28H. The van der Waals surface area contributed by atoms with Crippen LogP contribution in [-0.2, 0) is 0 Å². The Morgan fingerprint density at radius 2 is 0.940 bits per heavy atom. The van der Waals surface area contributed by atoms with Crippen LogP contribution in [0.5, 0.6) is 0 Å². The van der Waals surface area contributed by atoms with E-state index in [-0.39, 0.29) is 0 Å². The predicted octanol–water partition coefficient (Wildman–Crippen LogP) is 11.5. The van der Waals surface area contributed by atoms with Crippen LogP contribution in [-0.4, -0.2) is 19.5 Å². The van der Waals surface area contributed by atoms with E-state index in [9.17, 15) is 0 Å². The molecule has 0 N–H and O–H groups in total. The van der Waals surface area contributed by atoms with E-state index in [1.165, 1.54) is 21.9 Å². The zero-order chi connectivity index (χ0) is 33.0. The van der Waals surface area contributed by atoms with Gasteiger partial charge >= 0.3 is 0 Å². The predicted molar refractivity (Wildman–Crippen MR) is 203 cm³/mol. The highest BCUT2D eigenvalue weighted by Crippen LogP contribution is 2.41. The molecule has 234 valence electrons. The number of benzene rings is 7. The van der Waals surface area contributed by atoms with E-state index in [4.69, 9.17) is 19.4 Å². The summed E-state index contributed by atoms with van der Waals surface area (Å²) in [7, 11) is 0. The van der Waals surface area contributed by atoms with Crippen LogP contribution in [0, 0.1) is 0 Å². The van der Waals surface area contributed by atoms with Crippen LogP contribution in [0.3, 0.4) is 0 Å². The van der Waals surface area contributed by atoms with Crippen molar-refractivity contribution in [2.75, 3.05) is 0 Å². The molecule has 5 nitrogen and oxygen atoms in total. The zero-order valence-corrected chi connectivity index (χ0v) is 26.9. The van der Waals surface area contributed by atoms with Crippen molar-refractivity contribution in [1.82, 2.24) is 19.5 Å². The Labute approximate surface area is 287 Å². The maximum atomic E-state index is 6.79. The average Bonchev–Trinajstić information content (AvgIpc) is 3.72.